The number of carbonyl (C=O) groups excluding carboxylic acids is 1. The van der Waals surface area contributed by atoms with Crippen LogP contribution < -0.4 is 10.2 Å². The molecule has 3 aromatic rings. The first kappa shape index (κ1) is 23.4. The van der Waals surface area contributed by atoms with Crippen LogP contribution in [0, 0.1) is 0 Å². The molecule has 4 heterocycles. The number of aliphatic hydroxyl groups excluding tert-OH is 1. The molecule has 0 spiro atoms. The number of benzene rings is 1. The van der Waals surface area contributed by atoms with Crippen LogP contribution >= 0.6 is 0 Å². The predicted octanol–water partition coefficient (Wildman–Crippen LogP) is 1.55. The van der Waals surface area contributed by atoms with Crippen molar-refractivity contribution in [1.29, 1.82) is 0 Å². The highest BCUT2D eigenvalue weighted by molar-refractivity contribution is 5.88. The van der Waals surface area contributed by atoms with Crippen LogP contribution in [-0.4, -0.2) is 95.6 Å². The Labute approximate surface area is 203 Å². The average molecular weight is 479 g/mol. The Morgan fingerprint density at radius 3 is 2.69 bits per heavy atom. The molecule has 10 heteroatoms. The Kier molecular flexibility index (Phi) is 7.03. The normalized spacial score (nSPS) is 19.5. The van der Waals surface area contributed by atoms with Crippen molar-refractivity contribution in [2.45, 2.75) is 19.1 Å². The Morgan fingerprint density at radius 1 is 1.14 bits per heavy atom. The highest BCUT2D eigenvalue weighted by atomic mass is 16.5. The summed E-state index contributed by atoms with van der Waals surface area (Å²) in [5.74, 6) is 0.334. The molecule has 184 valence electrons. The van der Waals surface area contributed by atoms with Crippen molar-refractivity contribution >= 4 is 28.4 Å². The minimum Gasteiger partial charge on any atom is -0.384 e. The summed E-state index contributed by atoms with van der Waals surface area (Å²) in [7, 11) is 0. The molecule has 2 N–H and O–H groups in total. The van der Waals surface area contributed by atoms with Crippen molar-refractivity contribution in [2.24, 2.45) is 0 Å². The van der Waals surface area contributed by atoms with Crippen LogP contribution in [0.15, 0.2) is 42.7 Å². The number of carbonyl (C=O) groups is 1. The van der Waals surface area contributed by atoms with Crippen LogP contribution in [0.4, 0.5) is 11.5 Å². The van der Waals surface area contributed by atoms with Gasteiger partial charge in [0, 0.05) is 56.4 Å². The molecule has 5 rings (SSSR count). The number of hydrogen-bond acceptors (Lipinski definition) is 9. The molecule has 1 aromatic carbocycles. The molecule has 2 atom stereocenters. The van der Waals surface area contributed by atoms with Gasteiger partial charge in [-0.1, -0.05) is 12.1 Å². The lowest BCUT2D eigenvalue weighted by Gasteiger charge is -2.33. The highest BCUT2D eigenvalue weighted by Crippen LogP contribution is 2.27. The number of amides is 1. The van der Waals surface area contributed by atoms with E-state index in [0.29, 0.717) is 37.6 Å². The molecule has 2 aromatic heterocycles. The van der Waals surface area contributed by atoms with E-state index in [9.17, 15) is 9.90 Å². The molecule has 0 bridgehead atoms. The second kappa shape index (κ2) is 10.5. The lowest BCUT2D eigenvalue weighted by molar-refractivity contribution is -0.146. The number of nitrogens with zero attached hydrogens (tertiary/aromatic N) is 5. The van der Waals surface area contributed by atoms with Gasteiger partial charge in [0.1, 0.15) is 11.6 Å². The largest absolute Gasteiger partial charge is 0.384 e. The van der Waals surface area contributed by atoms with Gasteiger partial charge in [0.05, 0.1) is 37.1 Å². The monoisotopic (exact) mass is 478 g/mol. The molecule has 10 nitrogen and oxygen atoms in total. The van der Waals surface area contributed by atoms with Gasteiger partial charge in [0.25, 0.3) is 5.91 Å². The lowest BCUT2D eigenvalue weighted by atomic mass is 10.1. The first-order chi connectivity index (χ1) is 17.1. The van der Waals surface area contributed by atoms with E-state index in [1.165, 1.54) is 12.6 Å². The minimum absolute atomic E-state index is 0.226. The minimum atomic E-state index is -1.02. The average Bonchev–Trinajstić information content (AvgIpc) is 2.92. The number of morpholine rings is 2. The van der Waals surface area contributed by atoms with Crippen molar-refractivity contribution in [2.75, 3.05) is 62.8 Å². The fourth-order valence-electron chi connectivity index (χ4n) is 4.43. The van der Waals surface area contributed by atoms with Gasteiger partial charge in [-0.15, -0.1) is 0 Å². The number of rotatable bonds is 6. The first-order valence-corrected chi connectivity index (χ1v) is 12.0. The number of nitrogens with one attached hydrogen (secondary N) is 1. The number of pyridine rings is 1. The van der Waals surface area contributed by atoms with Crippen molar-refractivity contribution in [3.8, 4) is 11.3 Å². The van der Waals surface area contributed by atoms with Gasteiger partial charge in [-0.2, -0.15) is 0 Å². The Hall–Kier alpha value is -3.34. The Balaban J connectivity index is 1.35. The number of hydrogen-bond donors (Lipinski definition) is 2. The SMILES string of the molecule is C[C@H](O)C(=O)N1CCO[C@H](CNc2nc(-c3ccc(N4CCOCC4)cc3)cc3nccnc23)C1. The zero-order valence-electron chi connectivity index (χ0n) is 19.8. The molecule has 35 heavy (non-hydrogen) atoms. The van der Waals surface area contributed by atoms with Crippen LogP contribution in [0.2, 0.25) is 0 Å². The van der Waals surface area contributed by atoms with Gasteiger partial charge in [-0.3, -0.25) is 9.78 Å². The molecule has 2 aliphatic rings. The fraction of sp³-hybridized carbons (Fsp3) is 0.440. The van der Waals surface area contributed by atoms with Crippen LogP contribution in [-0.2, 0) is 14.3 Å². The number of aliphatic hydroxyl groups is 1. The second-order valence-corrected chi connectivity index (χ2v) is 8.76. The lowest BCUT2D eigenvalue weighted by Crippen LogP contribution is -2.50. The third kappa shape index (κ3) is 5.34. The van der Waals surface area contributed by atoms with Gasteiger partial charge < -0.3 is 29.7 Å². The first-order valence-electron chi connectivity index (χ1n) is 12.0. The van der Waals surface area contributed by atoms with Gasteiger partial charge in [-0.05, 0) is 25.1 Å². The van der Waals surface area contributed by atoms with Gasteiger partial charge in [0.2, 0.25) is 0 Å². The number of fused-ring (bicyclic) bond motifs is 1. The van der Waals surface area contributed by atoms with Gasteiger partial charge in [-0.25, -0.2) is 9.97 Å². The maximum absolute atomic E-state index is 12.2. The zero-order valence-corrected chi connectivity index (χ0v) is 19.8. The number of aromatic nitrogens is 3. The molecule has 2 aliphatic heterocycles. The van der Waals surface area contributed by atoms with Gasteiger partial charge in [0.15, 0.2) is 5.82 Å². The van der Waals surface area contributed by atoms with E-state index in [0.717, 1.165) is 43.1 Å². The highest BCUT2D eigenvalue weighted by Gasteiger charge is 2.26. The summed E-state index contributed by atoms with van der Waals surface area (Å²) >= 11 is 0. The van der Waals surface area contributed by atoms with E-state index in [1.807, 2.05) is 6.07 Å². The summed E-state index contributed by atoms with van der Waals surface area (Å²) < 4.78 is 11.3. The molecular weight excluding hydrogens is 448 g/mol. The van der Waals surface area contributed by atoms with Crippen molar-refractivity contribution in [1.82, 2.24) is 19.9 Å². The van der Waals surface area contributed by atoms with Crippen LogP contribution in [0.3, 0.4) is 0 Å². The summed E-state index contributed by atoms with van der Waals surface area (Å²) in [6, 6.07) is 10.3. The van der Waals surface area contributed by atoms with E-state index < -0.39 is 6.10 Å². The van der Waals surface area contributed by atoms with E-state index in [-0.39, 0.29) is 12.0 Å². The van der Waals surface area contributed by atoms with Crippen molar-refractivity contribution in [3.05, 3.63) is 42.7 Å². The van der Waals surface area contributed by atoms with E-state index in [2.05, 4.69) is 44.5 Å². The standard InChI is InChI=1S/C25H30N6O4/c1-17(32)25(33)31-10-13-35-20(16-31)15-28-24-23-22(26-6-7-27-23)14-21(29-24)18-2-4-19(5-3-18)30-8-11-34-12-9-30/h2-7,14,17,20,32H,8-13,15-16H2,1H3,(H,28,29)/t17-,20+/m0/s1. The van der Waals surface area contributed by atoms with Crippen LogP contribution in [0.25, 0.3) is 22.3 Å². The molecule has 0 radical (unpaired) electrons. The van der Waals surface area contributed by atoms with Crippen LogP contribution in [0.5, 0.6) is 0 Å². The number of ether oxygens (including phenoxy) is 2. The Bertz CT molecular complexity index is 1170. The quantitative estimate of drug-likeness (QED) is 0.545. The third-order valence-corrected chi connectivity index (χ3v) is 6.30. The molecule has 1 amide bonds. The van der Waals surface area contributed by atoms with Gasteiger partial charge >= 0.3 is 0 Å². The van der Waals surface area contributed by atoms with Crippen molar-refractivity contribution < 1.29 is 19.4 Å². The fourth-order valence-corrected chi connectivity index (χ4v) is 4.43. The smallest absolute Gasteiger partial charge is 0.251 e. The van der Waals surface area contributed by atoms with E-state index >= 15 is 0 Å². The predicted molar refractivity (Wildman–Crippen MR) is 132 cm³/mol. The zero-order chi connectivity index (χ0) is 24.2. The maximum atomic E-state index is 12.2. The topological polar surface area (TPSA) is 113 Å². The van der Waals surface area contributed by atoms with Crippen molar-refractivity contribution in [3.63, 3.8) is 0 Å². The van der Waals surface area contributed by atoms with E-state index in [4.69, 9.17) is 14.5 Å². The summed E-state index contributed by atoms with van der Waals surface area (Å²) in [6.07, 6.45) is 2.07. The number of anilines is 2. The third-order valence-electron chi connectivity index (χ3n) is 6.30. The molecule has 2 fully saturated rings. The Morgan fingerprint density at radius 2 is 1.91 bits per heavy atom. The second-order valence-electron chi connectivity index (χ2n) is 8.76. The van der Waals surface area contributed by atoms with Crippen LogP contribution in [0.1, 0.15) is 6.92 Å². The molecule has 0 aliphatic carbocycles. The molecule has 0 saturated carbocycles. The summed E-state index contributed by atoms with van der Waals surface area (Å²) in [6.45, 7) is 6.51. The molecule has 2 saturated heterocycles. The summed E-state index contributed by atoms with van der Waals surface area (Å²) in [5.41, 5.74) is 4.37. The molecular formula is C25H30N6O4. The summed E-state index contributed by atoms with van der Waals surface area (Å²) in [4.78, 5) is 30.0. The maximum Gasteiger partial charge on any atom is 0.251 e. The van der Waals surface area contributed by atoms with E-state index in [1.54, 1.807) is 17.3 Å². The summed E-state index contributed by atoms with van der Waals surface area (Å²) in [5, 5.41) is 13.0. The molecule has 0 unspecified atom stereocenters.